The molecule has 2 aromatic carbocycles. The monoisotopic (exact) mass is 419 g/mol. The fourth-order valence-corrected chi connectivity index (χ4v) is 3.30. The van der Waals surface area contributed by atoms with E-state index < -0.39 is 29.6 Å². The van der Waals surface area contributed by atoms with E-state index >= 15 is 0 Å². The number of benzene rings is 2. The van der Waals surface area contributed by atoms with Gasteiger partial charge in [0.1, 0.15) is 0 Å². The molecule has 3 rings (SSSR count). The van der Waals surface area contributed by atoms with Crippen molar-refractivity contribution in [3.8, 4) is 11.3 Å². The van der Waals surface area contributed by atoms with Crippen molar-refractivity contribution in [2.75, 3.05) is 13.2 Å². The summed E-state index contributed by atoms with van der Waals surface area (Å²) in [6.45, 7) is 3.36. The molecule has 3 aromatic rings. The Hall–Kier alpha value is -3.29. The number of aromatic nitrogens is 1. The number of hydrogen-bond donors (Lipinski definition) is 1. The van der Waals surface area contributed by atoms with Crippen molar-refractivity contribution in [1.82, 2.24) is 4.98 Å². The Morgan fingerprint density at radius 1 is 0.933 bits per heavy atom. The number of ether oxygens (including phenoxy) is 2. The van der Waals surface area contributed by atoms with E-state index in [1.165, 1.54) is 12.1 Å². The zero-order chi connectivity index (χ0) is 21.9. The van der Waals surface area contributed by atoms with Gasteiger partial charge >= 0.3 is 18.1 Å². The first-order chi connectivity index (χ1) is 14.3. The van der Waals surface area contributed by atoms with Gasteiger partial charge in [0, 0.05) is 16.5 Å². The zero-order valence-corrected chi connectivity index (χ0v) is 16.4. The Labute approximate surface area is 170 Å². The van der Waals surface area contributed by atoms with Gasteiger partial charge in [0.05, 0.1) is 24.5 Å². The molecular formula is C22H20F3NO4. The van der Waals surface area contributed by atoms with E-state index in [4.69, 9.17) is 9.47 Å². The Kier molecular flexibility index (Phi) is 6.14. The highest BCUT2D eigenvalue weighted by molar-refractivity contribution is 6.07. The molecule has 0 fully saturated rings. The van der Waals surface area contributed by atoms with Gasteiger partial charge in [-0.25, -0.2) is 0 Å². The van der Waals surface area contributed by atoms with Gasteiger partial charge < -0.3 is 14.5 Å². The number of hydrogen-bond acceptors (Lipinski definition) is 4. The first-order valence-corrected chi connectivity index (χ1v) is 9.39. The summed E-state index contributed by atoms with van der Waals surface area (Å²) in [4.78, 5) is 28.5. The molecule has 0 saturated carbocycles. The van der Waals surface area contributed by atoms with Crippen LogP contribution in [0, 0.1) is 0 Å². The lowest BCUT2D eigenvalue weighted by Gasteiger charge is -2.16. The van der Waals surface area contributed by atoms with Crippen molar-refractivity contribution in [2.24, 2.45) is 0 Å². The van der Waals surface area contributed by atoms with Gasteiger partial charge in [-0.2, -0.15) is 13.2 Å². The third-order valence-electron chi connectivity index (χ3n) is 4.58. The molecule has 30 heavy (non-hydrogen) atoms. The largest absolute Gasteiger partial charge is 0.465 e. The summed E-state index contributed by atoms with van der Waals surface area (Å²) in [7, 11) is 0. The van der Waals surface area contributed by atoms with Gasteiger partial charge in [-0.1, -0.05) is 30.3 Å². The Bertz CT molecular complexity index is 1040. The maximum Gasteiger partial charge on any atom is 0.416 e. The number of halogens is 3. The Morgan fingerprint density at radius 2 is 1.50 bits per heavy atom. The van der Waals surface area contributed by atoms with E-state index in [1.54, 1.807) is 38.1 Å². The van der Waals surface area contributed by atoms with Crippen molar-refractivity contribution in [2.45, 2.75) is 25.9 Å². The number of fused-ring (bicyclic) bond motifs is 1. The predicted molar refractivity (Wildman–Crippen MR) is 105 cm³/mol. The van der Waals surface area contributed by atoms with E-state index in [9.17, 15) is 22.8 Å². The van der Waals surface area contributed by atoms with Crippen molar-refractivity contribution >= 4 is 22.8 Å². The summed E-state index contributed by atoms with van der Waals surface area (Å²) in [6.07, 6.45) is -4.47. The molecule has 1 heterocycles. The number of aromatic amines is 1. The van der Waals surface area contributed by atoms with Gasteiger partial charge in [0.15, 0.2) is 5.92 Å². The van der Waals surface area contributed by atoms with E-state index in [2.05, 4.69) is 4.98 Å². The van der Waals surface area contributed by atoms with Crippen molar-refractivity contribution in [3.63, 3.8) is 0 Å². The number of esters is 2. The summed E-state index contributed by atoms with van der Waals surface area (Å²) in [5.74, 6) is -2.94. The average Bonchev–Trinajstić information content (AvgIpc) is 3.07. The van der Waals surface area contributed by atoms with Gasteiger partial charge in [-0.15, -0.1) is 0 Å². The molecule has 0 bridgehead atoms. The zero-order valence-electron chi connectivity index (χ0n) is 16.4. The summed E-state index contributed by atoms with van der Waals surface area (Å²) < 4.78 is 49.0. The lowest BCUT2D eigenvalue weighted by atomic mass is 9.93. The summed E-state index contributed by atoms with van der Waals surface area (Å²) in [5.41, 5.74) is 0.892. The molecule has 8 heteroatoms. The number of para-hydroxylation sites is 1. The molecule has 0 spiro atoms. The number of rotatable bonds is 6. The number of nitrogens with one attached hydrogen (secondary N) is 1. The minimum atomic E-state index is -4.47. The van der Waals surface area contributed by atoms with Crippen LogP contribution in [0.15, 0.2) is 48.5 Å². The summed E-state index contributed by atoms with van der Waals surface area (Å²) in [5, 5.41) is 0.582. The second-order valence-corrected chi connectivity index (χ2v) is 6.47. The van der Waals surface area contributed by atoms with Gasteiger partial charge in [-0.3, -0.25) is 9.59 Å². The molecule has 5 nitrogen and oxygen atoms in total. The molecule has 0 aliphatic heterocycles. The van der Waals surface area contributed by atoms with Crippen LogP contribution < -0.4 is 0 Å². The smallest absolute Gasteiger partial charge is 0.416 e. The second kappa shape index (κ2) is 8.61. The molecule has 0 aliphatic carbocycles. The average molecular weight is 419 g/mol. The third-order valence-corrected chi connectivity index (χ3v) is 4.58. The van der Waals surface area contributed by atoms with E-state index in [-0.39, 0.29) is 13.2 Å². The second-order valence-electron chi connectivity index (χ2n) is 6.47. The van der Waals surface area contributed by atoms with E-state index in [0.29, 0.717) is 27.7 Å². The third kappa shape index (κ3) is 4.17. The fourth-order valence-electron chi connectivity index (χ4n) is 3.30. The molecule has 0 radical (unpaired) electrons. The van der Waals surface area contributed by atoms with Crippen LogP contribution in [0.25, 0.3) is 22.2 Å². The highest BCUT2D eigenvalue weighted by Crippen LogP contribution is 2.38. The van der Waals surface area contributed by atoms with Crippen LogP contribution in [0.4, 0.5) is 13.2 Å². The van der Waals surface area contributed by atoms with Gasteiger partial charge in [0.2, 0.25) is 0 Å². The number of H-pyrrole nitrogens is 1. The summed E-state index contributed by atoms with van der Waals surface area (Å²) >= 11 is 0. The minimum absolute atomic E-state index is 0.0622. The molecule has 0 saturated heterocycles. The van der Waals surface area contributed by atoms with E-state index in [1.807, 2.05) is 0 Å². The number of carbonyl (C=O) groups excluding carboxylic acids is 2. The minimum Gasteiger partial charge on any atom is -0.465 e. The lowest BCUT2D eigenvalue weighted by molar-refractivity contribution is -0.156. The van der Waals surface area contributed by atoms with Crippen LogP contribution in [0.1, 0.15) is 30.9 Å². The van der Waals surface area contributed by atoms with Crippen LogP contribution in [-0.2, 0) is 25.2 Å². The molecule has 0 aliphatic rings. The quantitative estimate of drug-likeness (QED) is 0.448. The number of carbonyl (C=O) groups is 2. The van der Waals surface area contributed by atoms with Crippen molar-refractivity contribution in [3.05, 3.63) is 59.7 Å². The predicted octanol–water partition coefficient (Wildman–Crippen LogP) is 5.06. The molecule has 1 aromatic heterocycles. The molecular weight excluding hydrogens is 399 g/mol. The molecule has 0 amide bonds. The van der Waals surface area contributed by atoms with Gasteiger partial charge in [0.25, 0.3) is 0 Å². The molecule has 158 valence electrons. The van der Waals surface area contributed by atoms with Crippen molar-refractivity contribution in [1.29, 1.82) is 0 Å². The van der Waals surface area contributed by atoms with Crippen LogP contribution in [0.5, 0.6) is 0 Å². The van der Waals surface area contributed by atoms with Crippen LogP contribution >= 0.6 is 0 Å². The van der Waals surface area contributed by atoms with Gasteiger partial charge in [-0.05, 0) is 37.6 Å². The lowest BCUT2D eigenvalue weighted by Crippen LogP contribution is -2.26. The SMILES string of the molecule is CCOC(=O)C(C(=O)OCC)c1c(-c2ccc(C(F)(F)F)cc2)[nH]c2ccccc12. The van der Waals surface area contributed by atoms with Crippen LogP contribution in [0.3, 0.4) is 0 Å². The molecule has 1 N–H and O–H groups in total. The van der Waals surface area contributed by atoms with E-state index in [0.717, 1.165) is 12.1 Å². The van der Waals surface area contributed by atoms with Crippen LogP contribution in [-0.4, -0.2) is 30.1 Å². The maximum absolute atomic E-state index is 12.9. The molecule has 0 unspecified atom stereocenters. The summed E-state index contributed by atoms with van der Waals surface area (Å²) in [6, 6.07) is 11.5. The first kappa shape index (κ1) is 21.4. The molecule has 0 atom stereocenters. The standard InChI is InChI=1S/C22H20F3NO4/c1-3-29-20(27)18(21(28)30-4-2)17-15-7-5-6-8-16(15)26-19(17)13-9-11-14(12-10-13)22(23,24)25/h5-12,18,26H,3-4H2,1-2H3. The Balaban J connectivity index is 2.22. The first-order valence-electron chi connectivity index (χ1n) is 9.39. The Morgan fingerprint density at radius 3 is 2.03 bits per heavy atom. The highest BCUT2D eigenvalue weighted by atomic mass is 19.4. The normalized spacial score (nSPS) is 11.7. The maximum atomic E-state index is 12.9. The van der Waals surface area contributed by atoms with Crippen LogP contribution in [0.2, 0.25) is 0 Å². The van der Waals surface area contributed by atoms with Crippen molar-refractivity contribution < 1.29 is 32.2 Å². The number of alkyl halides is 3. The topological polar surface area (TPSA) is 68.4 Å². The fraction of sp³-hybridized carbons (Fsp3) is 0.273. The highest BCUT2D eigenvalue weighted by Gasteiger charge is 2.36.